The maximum absolute atomic E-state index is 13.3. The third kappa shape index (κ3) is 5.28. The first kappa shape index (κ1) is 25.0. The van der Waals surface area contributed by atoms with Gasteiger partial charge in [-0.3, -0.25) is 9.59 Å². The number of anilines is 1. The molecule has 0 aromatic heterocycles. The summed E-state index contributed by atoms with van der Waals surface area (Å²) in [5.74, 6) is -0.766. The minimum Gasteiger partial charge on any atom is -0.507 e. The summed E-state index contributed by atoms with van der Waals surface area (Å²) in [5, 5.41) is 11.3. The summed E-state index contributed by atoms with van der Waals surface area (Å²) in [6.07, 6.45) is 1.49. The largest absolute Gasteiger partial charge is 0.507 e. The van der Waals surface area contributed by atoms with Gasteiger partial charge in [-0.1, -0.05) is 49.4 Å². The van der Waals surface area contributed by atoms with Crippen molar-refractivity contribution < 1.29 is 19.4 Å². The topological polar surface area (TPSA) is 70.1 Å². The molecular weight excluding hydrogens is 452 g/mol. The van der Waals surface area contributed by atoms with Crippen LogP contribution in [0.3, 0.4) is 0 Å². The van der Waals surface area contributed by atoms with Crippen LogP contribution in [0.5, 0.6) is 5.75 Å². The van der Waals surface area contributed by atoms with Crippen molar-refractivity contribution in [3.05, 3.63) is 101 Å². The number of nitrogens with zero attached hydrogens (tertiary/aromatic N) is 2. The van der Waals surface area contributed by atoms with Gasteiger partial charge in [0.1, 0.15) is 11.5 Å². The molecule has 1 saturated heterocycles. The maximum Gasteiger partial charge on any atom is 0.295 e. The smallest absolute Gasteiger partial charge is 0.295 e. The molecule has 1 aliphatic heterocycles. The minimum absolute atomic E-state index is 0.105. The lowest BCUT2D eigenvalue weighted by Crippen LogP contribution is -2.31. The molecule has 6 nitrogen and oxygen atoms in total. The maximum atomic E-state index is 13.3. The van der Waals surface area contributed by atoms with Crippen LogP contribution in [0.25, 0.3) is 5.76 Å². The van der Waals surface area contributed by atoms with Crippen molar-refractivity contribution in [2.75, 3.05) is 32.1 Å². The molecule has 0 unspecified atom stereocenters. The molecule has 1 heterocycles. The molecular formula is C30H32N2O4. The summed E-state index contributed by atoms with van der Waals surface area (Å²) < 4.78 is 5.63. The fourth-order valence-corrected chi connectivity index (χ4v) is 4.39. The van der Waals surface area contributed by atoms with Crippen molar-refractivity contribution in [2.24, 2.45) is 0 Å². The molecule has 186 valence electrons. The summed E-state index contributed by atoms with van der Waals surface area (Å²) in [6, 6.07) is 23.8. The first-order chi connectivity index (χ1) is 17.4. The van der Waals surface area contributed by atoms with Crippen LogP contribution in [-0.2, 0) is 16.0 Å². The van der Waals surface area contributed by atoms with Gasteiger partial charge >= 0.3 is 0 Å². The lowest BCUT2D eigenvalue weighted by Gasteiger charge is -2.26. The minimum atomic E-state index is -0.680. The highest BCUT2D eigenvalue weighted by Gasteiger charge is 2.45. The van der Waals surface area contributed by atoms with Crippen molar-refractivity contribution in [2.45, 2.75) is 25.8 Å². The van der Waals surface area contributed by atoms with E-state index in [2.05, 4.69) is 0 Å². The number of carbonyl (C=O) groups excluding carboxylic acids is 2. The first-order valence-electron chi connectivity index (χ1n) is 12.2. The Balaban J connectivity index is 1.73. The monoisotopic (exact) mass is 484 g/mol. The number of ketones is 1. The molecule has 1 N–H and O–H groups in total. The van der Waals surface area contributed by atoms with Crippen LogP contribution >= 0.6 is 0 Å². The van der Waals surface area contributed by atoms with E-state index in [4.69, 9.17) is 4.74 Å². The predicted molar refractivity (Wildman–Crippen MR) is 142 cm³/mol. The highest BCUT2D eigenvalue weighted by molar-refractivity contribution is 6.46. The zero-order valence-corrected chi connectivity index (χ0v) is 21.0. The van der Waals surface area contributed by atoms with Crippen LogP contribution in [0.2, 0.25) is 0 Å². The van der Waals surface area contributed by atoms with E-state index in [1.807, 2.05) is 80.5 Å². The zero-order chi connectivity index (χ0) is 25.7. The Kier molecular flexibility index (Phi) is 7.74. The van der Waals surface area contributed by atoms with E-state index < -0.39 is 17.7 Å². The highest BCUT2D eigenvalue weighted by atomic mass is 16.5. The molecule has 3 aromatic rings. The van der Waals surface area contributed by atoms with Gasteiger partial charge in [-0.05, 0) is 60.4 Å². The lowest BCUT2D eigenvalue weighted by molar-refractivity contribution is -0.139. The molecule has 0 saturated carbocycles. The molecule has 1 amide bonds. The van der Waals surface area contributed by atoms with Crippen molar-refractivity contribution >= 4 is 23.1 Å². The fraction of sp³-hybridized carbons (Fsp3) is 0.267. The van der Waals surface area contributed by atoms with Crippen LogP contribution < -0.4 is 9.64 Å². The second kappa shape index (κ2) is 11.1. The Morgan fingerprint density at radius 1 is 0.944 bits per heavy atom. The number of hydrogen-bond acceptors (Lipinski definition) is 5. The van der Waals surface area contributed by atoms with Gasteiger partial charge in [0.05, 0.1) is 18.2 Å². The molecule has 0 radical (unpaired) electrons. The van der Waals surface area contributed by atoms with Gasteiger partial charge in [0, 0.05) is 31.9 Å². The number of amides is 1. The Hall–Kier alpha value is -4.06. The second-order valence-electron chi connectivity index (χ2n) is 9.09. The Morgan fingerprint density at radius 3 is 2.22 bits per heavy atom. The van der Waals surface area contributed by atoms with Gasteiger partial charge in [-0.15, -0.1) is 0 Å². The van der Waals surface area contributed by atoms with E-state index in [9.17, 15) is 14.7 Å². The number of ether oxygens (including phenoxy) is 1. The zero-order valence-electron chi connectivity index (χ0n) is 21.0. The lowest BCUT2D eigenvalue weighted by atomic mass is 9.95. The molecule has 36 heavy (non-hydrogen) atoms. The summed E-state index contributed by atoms with van der Waals surface area (Å²) >= 11 is 0. The van der Waals surface area contributed by atoms with Crippen LogP contribution in [-0.4, -0.2) is 48.9 Å². The van der Waals surface area contributed by atoms with E-state index >= 15 is 0 Å². The molecule has 4 rings (SSSR count). The molecule has 0 spiro atoms. The number of rotatable bonds is 9. The average molecular weight is 485 g/mol. The number of aliphatic hydroxyl groups is 1. The Labute approximate surface area is 212 Å². The molecule has 0 bridgehead atoms. The molecule has 0 aliphatic carbocycles. The average Bonchev–Trinajstić information content (AvgIpc) is 3.16. The molecule has 3 aromatic carbocycles. The predicted octanol–water partition coefficient (Wildman–Crippen LogP) is 5.21. The van der Waals surface area contributed by atoms with Gasteiger partial charge in [0.15, 0.2) is 0 Å². The van der Waals surface area contributed by atoms with E-state index in [0.29, 0.717) is 30.9 Å². The third-order valence-electron chi connectivity index (χ3n) is 6.35. The molecule has 6 heteroatoms. The second-order valence-corrected chi connectivity index (χ2v) is 9.09. The molecule has 1 atom stereocenters. The Bertz CT molecular complexity index is 1230. The van der Waals surface area contributed by atoms with Gasteiger partial charge in [-0.2, -0.15) is 0 Å². The fourth-order valence-electron chi connectivity index (χ4n) is 4.39. The summed E-state index contributed by atoms with van der Waals surface area (Å²) in [5.41, 5.74) is 3.42. The summed E-state index contributed by atoms with van der Waals surface area (Å²) in [4.78, 5) is 30.0. The van der Waals surface area contributed by atoms with Crippen LogP contribution in [0, 0.1) is 0 Å². The van der Waals surface area contributed by atoms with Crippen LogP contribution in [0.4, 0.5) is 5.69 Å². The third-order valence-corrected chi connectivity index (χ3v) is 6.35. The van der Waals surface area contributed by atoms with Gasteiger partial charge < -0.3 is 19.6 Å². The number of Topliss-reactive ketones (excluding diaryl/α,β-unsaturated/α-hetero) is 1. The normalized spacial score (nSPS) is 16.9. The highest BCUT2D eigenvalue weighted by Crippen LogP contribution is 2.40. The van der Waals surface area contributed by atoms with Gasteiger partial charge in [0.25, 0.3) is 11.7 Å². The van der Waals surface area contributed by atoms with Crippen molar-refractivity contribution in [3.8, 4) is 5.75 Å². The van der Waals surface area contributed by atoms with Crippen LogP contribution in [0.1, 0.15) is 36.1 Å². The molecule has 1 aliphatic rings. The number of hydrogen-bond donors (Lipinski definition) is 1. The van der Waals surface area contributed by atoms with Crippen molar-refractivity contribution in [1.29, 1.82) is 0 Å². The Morgan fingerprint density at radius 2 is 1.61 bits per heavy atom. The SMILES string of the molecule is CCCOc1ccc(C(O)=C2C(=O)C(=O)N(CCc3ccccc3)[C@@H]2c2ccc(N(C)C)cc2)cc1. The number of aliphatic hydroxyl groups excluding tert-OH is 1. The number of carbonyl (C=O) groups is 2. The van der Waals surface area contributed by atoms with Crippen molar-refractivity contribution in [1.82, 2.24) is 4.90 Å². The van der Waals surface area contributed by atoms with E-state index in [1.54, 1.807) is 29.2 Å². The van der Waals surface area contributed by atoms with Gasteiger partial charge in [0.2, 0.25) is 0 Å². The number of benzene rings is 3. The van der Waals surface area contributed by atoms with Crippen molar-refractivity contribution in [3.63, 3.8) is 0 Å². The summed E-state index contributed by atoms with van der Waals surface area (Å²) in [6.45, 7) is 2.98. The standard InChI is InChI=1S/C30H32N2O4/c1-4-20-36-25-16-12-23(13-17-25)28(33)26-27(22-10-14-24(15-11-22)31(2)3)32(30(35)29(26)34)19-18-21-8-6-5-7-9-21/h5-17,27,33H,4,18-20H2,1-3H3/t27-/m1/s1. The first-order valence-corrected chi connectivity index (χ1v) is 12.2. The molecule has 1 fully saturated rings. The summed E-state index contributed by atoms with van der Waals surface area (Å²) in [7, 11) is 3.91. The quantitative estimate of drug-likeness (QED) is 0.257. The van der Waals surface area contributed by atoms with E-state index in [1.165, 1.54) is 0 Å². The van der Waals surface area contributed by atoms with E-state index in [-0.39, 0.29) is 11.3 Å². The van der Waals surface area contributed by atoms with Gasteiger partial charge in [-0.25, -0.2) is 0 Å². The van der Waals surface area contributed by atoms with E-state index in [0.717, 1.165) is 23.2 Å². The van der Waals surface area contributed by atoms with Crippen LogP contribution in [0.15, 0.2) is 84.4 Å². The number of likely N-dealkylation sites (tertiary alicyclic amines) is 1.